The third-order valence-electron chi connectivity index (χ3n) is 2.48. The number of rotatable bonds is 4. The van der Waals surface area contributed by atoms with E-state index in [-0.39, 0.29) is 6.10 Å². The Balaban J connectivity index is 2.43. The van der Waals surface area contributed by atoms with Crippen LogP contribution in [0.3, 0.4) is 0 Å². The molecular formula is C11H21ClO2. The average Bonchev–Trinajstić information content (AvgIpc) is 2.12. The lowest BCUT2D eigenvalue weighted by Crippen LogP contribution is -2.45. The van der Waals surface area contributed by atoms with Gasteiger partial charge in [0.15, 0.2) is 5.79 Å². The molecule has 0 aromatic rings. The molecule has 0 aromatic carbocycles. The van der Waals surface area contributed by atoms with Gasteiger partial charge in [0, 0.05) is 12.3 Å². The lowest BCUT2D eigenvalue weighted by Gasteiger charge is -2.40. The van der Waals surface area contributed by atoms with Crippen molar-refractivity contribution in [1.82, 2.24) is 0 Å². The molecule has 3 heteroatoms. The summed E-state index contributed by atoms with van der Waals surface area (Å²) in [5.41, 5.74) is 0. The van der Waals surface area contributed by atoms with Gasteiger partial charge in [-0.3, -0.25) is 0 Å². The van der Waals surface area contributed by atoms with Crippen molar-refractivity contribution < 1.29 is 9.47 Å². The van der Waals surface area contributed by atoms with Crippen molar-refractivity contribution in [2.45, 2.75) is 64.4 Å². The van der Waals surface area contributed by atoms with Crippen molar-refractivity contribution >= 4 is 11.6 Å². The van der Waals surface area contributed by atoms with E-state index in [1.807, 2.05) is 13.8 Å². The molecule has 1 heterocycles. The first-order chi connectivity index (χ1) is 6.57. The number of alkyl halides is 1. The van der Waals surface area contributed by atoms with Crippen molar-refractivity contribution in [2.24, 2.45) is 0 Å². The van der Waals surface area contributed by atoms with Crippen LogP contribution in [0.5, 0.6) is 0 Å². The molecule has 1 saturated heterocycles. The van der Waals surface area contributed by atoms with Crippen LogP contribution in [0.4, 0.5) is 0 Å². The van der Waals surface area contributed by atoms with Crippen LogP contribution in [0, 0.1) is 0 Å². The molecule has 2 nitrogen and oxygen atoms in total. The second-order valence-electron chi connectivity index (χ2n) is 4.41. The van der Waals surface area contributed by atoms with Crippen LogP contribution >= 0.6 is 11.6 Å². The lowest BCUT2D eigenvalue weighted by molar-refractivity contribution is -0.296. The van der Waals surface area contributed by atoms with Crippen molar-refractivity contribution in [1.29, 1.82) is 0 Å². The summed E-state index contributed by atoms with van der Waals surface area (Å²) in [4.78, 5) is 0. The Kier molecular flexibility index (Phi) is 4.68. The molecule has 0 unspecified atom stereocenters. The summed E-state index contributed by atoms with van der Waals surface area (Å²) >= 11 is 5.83. The molecule has 1 fully saturated rings. The summed E-state index contributed by atoms with van der Waals surface area (Å²) in [7, 11) is 0. The third-order valence-corrected chi connectivity index (χ3v) is 2.82. The molecule has 2 atom stereocenters. The van der Waals surface area contributed by atoms with Crippen molar-refractivity contribution in [2.75, 3.05) is 5.88 Å². The average molecular weight is 221 g/mol. The van der Waals surface area contributed by atoms with Gasteiger partial charge in [0.2, 0.25) is 0 Å². The minimum absolute atomic E-state index is 0.155. The van der Waals surface area contributed by atoms with Crippen LogP contribution in [0.1, 0.15) is 46.5 Å². The zero-order chi connectivity index (χ0) is 10.6. The Morgan fingerprint density at radius 2 is 1.93 bits per heavy atom. The number of hydrogen-bond donors (Lipinski definition) is 0. The monoisotopic (exact) mass is 220 g/mol. The molecule has 0 aromatic heterocycles. The highest BCUT2D eigenvalue weighted by Gasteiger charge is 2.34. The first kappa shape index (κ1) is 12.3. The number of hydrogen-bond acceptors (Lipinski definition) is 2. The van der Waals surface area contributed by atoms with Crippen LogP contribution in [-0.4, -0.2) is 23.9 Å². The van der Waals surface area contributed by atoms with E-state index in [9.17, 15) is 0 Å². The van der Waals surface area contributed by atoms with Crippen LogP contribution in [-0.2, 0) is 9.47 Å². The SMILES string of the molecule is CCCC[C@H]1C[C@@H](CCl)OC(C)(C)O1. The molecule has 84 valence electrons. The molecule has 1 aliphatic rings. The molecule has 0 N–H and O–H groups in total. The highest BCUT2D eigenvalue weighted by Crippen LogP contribution is 2.29. The Morgan fingerprint density at radius 1 is 1.29 bits per heavy atom. The van der Waals surface area contributed by atoms with Gasteiger partial charge in [0.1, 0.15) is 0 Å². The minimum atomic E-state index is -0.462. The zero-order valence-corrected chi connectivity index (χ0v) is 10.1. The van der Waals surface area contributed by atoms with E-state index in [0.717, 1.165) is 12.8 Å². The van der Waals surface area contributed by atoms with Crippen molar-refractivity contribution in [3.63, 3.8) is 0 Å². The predicted octanol–water partition coefficient (Wildman–Crippen LogP) is 3.33. The fourth-order valence-electron chi connectivity index (χ4n) is 1.92. The minimum Gasteiger partial charge on any atom is -0.347 e. The van der Waals surface area contributed by atoms with E-state index < -0.39 is 5.79 Å². The van der Waals surface area contributed by atoms with E-state index in [1.165, 1.54) is 12.8 Å². The second kappa shape index (κ2) is 5.34. The van der Waals surface area contributed by atoms with E-state index in [1.54, 1.807) is 0 Å². The van der Waals surface area contributed by atoms with Crippen LogP contribution in [0.25, 0.3) is 0 Å². The molecule has 1 rings (SSSR count). The van der Waals surface area contributed by atoms with Gasteiger partial charge in [-0.15, -0.1) is 11.6 Å². The number of unbranched alkanes of at least 4 members (excludes halogenated alkanes) is 1. The van der Waals surface area contributed by atoms with Crippen LogP contribution in [0.15, 0.2) is 0 Å². The molecule has 14 heavy (non-hydrogen) atoms. The Labute approximate surface area is 91.9 Å². The maximum atomic E-state index is 5.83. The molecule has 0 bridgehead atoms. The van der Waals surface area contributed by atoms with E-state index in [2.05, 4.69) is 6.92 Å². The van der Waals surface area contributed by atoms with Gasteiger partial charge in [-0.2, -0.15) is 0 Å². The molecule has 0 amide bonds. The Bertz CT molecular complexity index is 171. The Hall–Kier alpha value is 0.210. The fraction of sp³-hybridized carbons (Fsp3) is 1.00. The summed E-state index contributed by atoms with van der Waals surface area (Å²) in [6.07, 6.45) is 4.97. The van der Waals surface area contributed by atoms with Gasteiger partial charge in [0.25, 0.3) is 0 Å². The summed E-state index contributed by atoms with van der Waals surface area (Å²) in [5.74, 6) is 0.103. The third kappa shape index (κ3) is 3.76. The van der Waals surface area contributed by atoms with Crippen molar-refractivity contribution in [3.8, 4) is 0 Å². The highest BCUT2D eigenvalue weighted by molar-refractivity contribution is 6.18. The maximum Gasteiger partial charge on any atom is 0.163 e. The topological polar surface area (TPSA) is 18.5 Å². The standard InChI is InChI=1S/C11H21ClO2/c1-4-5-6-9-7-10(8-12)14-11(2,3)13-9/h9-10H,4-8H2,1-3H3/t9-,10-/m0/s1. The summed E-state index contributed by atoms with van der Waals surface area (Å²) in [5, 5.41) is 0. The van der Waals surface area contributed by atoms with Gasteiger partial charge >= 0.3 is 0 Å². The highest BCUT2D eigenvalue weighted by atomic mass is 35.5. The molecule has 1 aliphatic heterocycles. The number of ether oxygens (including phenoxy) is 2. The van der Waals surface area contributed by atoms with Gasteiger partial charge in [-0.05, 0) is 20.3 Å². The largest absolute Gasteiger partial charge is 0.347 e. The Morgan fingerprint density at radius 3 is 2.50 bits per heavy atom. The summed E-state index contributed by atoms with van der Waals surface area (Å²) in [6.45, 7) is 6.12. The van der Waals surface area contributed by atoms with E-state index in [0.29, 0.717) is 12.0 Å². The van der Waals surface area contributed by atoms with Gasteiger partial charge in [0.05, 0.1) is 12.2 Å². The maximum absolute atomic E-state index is 5.83. The smallest absolute Gasteiger partial charge is 0.163 e. The fourth-order valence-corrected chi connectivity index (χ4v) is 2.11. The van der Waals surface area contributed by atoms with Gasteiger partial charge in [-0.1, -0.05) is 19.8 Å². The lowest BCUT2D eigenvalue weighted by atomic mass is 10.0. The molecule has 0 radical (unpaired) electrons. The molecule has 0 spiro atoms. The first-order valence-corrected chi connectivity index (χ1v) is 6.02. The van der Waals surface area contributed by atoms with Gasteiger partial charge < -0.3 is 9.47 Å². The molecular weight excluding hydrogens is 200 g/mol. The molecule has 0 aliphatic carbocycles. The number of halogens is 1. The summed E-state index contributed by atoms with van der Waals surface area (Å²) < 4.78 is 11.5. The first-order valence-electron chi connectivity index (χ1n) is 5.49. The quantitative estimate of drug-likeness (QED) is 0.677. The zero-order valence-electron chi connectivity index (χ0n) is 9.38. The van der Waals surface area contributed by atoms with Crippen molar-refractivity contribution in [3.05, 3.63) is 0 Å². The van der Waals surface area contributed by atoms with E-state index >= 15 is 0 Å². The predicted molar refractivity (Wildman–Crippen MR) is 58.7 cm³/mol. The second-order valence-corrected chi connectivity index (χ2v) is 4.72. The summed E-state index contributed by atoms with van der Waals surface area (Å²) in [6, 6.07) is 0. The van der Waals surface area contributed by atoms with E-state index in [4.69, 9.17) is 21.1 Å². The van der Waals surface area contributed by atoms with Crippen LogP contribution in [0.2, 0.25) is 0 Å². The molecule has 0 saturated carbocycles. The van der Waals surface area contributed by atoms with Crippen LogP contribution < -0.4 is 0 Å². The normalized spacial score (nSPS) is 31.7. The van der Waals surface area contributed by atoms with Gasteiger partial charge in [-0.25, -0.2) is 0 Å².